The lowest BCUT2D eigenvalue weighted by atomic mass is 10.1. The Labute approximate surface area is 172 Å². The van der Waals surface area contributed by atoms with E-state index in [0.717, 1.165) is 30.2 Å². The zero-order valence-electron chi connectivity index (χ0n) is 16.7. The topological polar surface area (TPSA) is 75.7 Å². The average Bonchev–Trinajstić information content (AvgIpc) is 3.12. The number of amides is 2. The van der Waals surface area contributed by atoms with Crippen LogP contribution in [0.3, 0.4) is 0 Å². The lowest BCUT2D eigenvalue weighted by molar-refractivity contribution is -0.157. The van der Waals surface area contributed by atoms with Gasteiger partial charge in [-0.2, -0.15) is 0 Å². The summed E-state index contributed by atoms with van der Waals surface area (Å²) >= 11 is 0. The lowest BCUT2D eigenvalue weighted by Crippen LogP contribution is -2.33. The highest BCUT2D eigenvalue weighted by molar-refractivity contribution is 6.00. The van der Waals surface area contributed by atoms with Gasteiger partial charge in [0.1, 0.15) is 11.6 Å². The van der Waals surface area contributed by atoms with Crippen molar-refractivity contribution in [3.05, 3.63) is 59.7 Å². The Bertz CT molecular complexity index is 962. The molecule has 1 aliphatic heterocycles. The quantitative estimate of drug-likeness (QED) is 0.732. The van der Waals surface area contributed by atoms with Crippen LogP contribution in [0.1, 0.15) is 25.8 Å². The van der Waals surface area contributed by atoms with Gasteiger partial charge < -0.3 is 15.0 Å². The predicted molar refractivity (Wildman–Crippen MR) is 107 cm³/mol. The van der Waals surface area contributed by atoms with Crippen LogP contribution in [-0.2, 0) is 25.5 Å². The van der Waals surface area contributed by atoms with Crippen LogP contribution in [0.5, 0.6) is 0 Å². The smallest absolute Gasteiger partial charge is 0.312 e. The van der Waals surface area contributed by atoms with E-state index in [1.54, 1.807) is 0 Å². The van der Waals surface area contributed by atoms with Gasteiger partial charge in [0.2, 0.25) is 5.91 Å². The molecule has 0 saturated carbocycles. The van der Waals surface area contributed by atoms with Crippen molar-refractivity contribution in [1.82, 2.24) is 0 Å². The van der Waals surface area contributed by atoms with E-state index in [2.05, 4.69) is 5.32 Å². The van der Waals surface area contributed by atoms with Gasteiger partial charge in [0, 0.05) is 24.7 Å². The van der Waals surface area contributed by atoms with E-state index in [9.17, 15) is 23.2 Å². The van der Waals surface area contributed by atoms with Crippen LogP contribution in [0.4, 0.5) is 20.2 Å². The summed E-state index contributed by atoms with van der Waals surface area (Å²) in [4.78, 5) is 38.5. The molecule has 0 aliphatic carbocycles. The number of rotatable bonds is 6. The van der Waals surface area contributed by atoms with Crippen molar-refractivity contribution in [2.75, 3.05) is 16.8 Å². The molecule has 2 aromatic carbocycles. The Morgan fingerprint density at radius 1 is 1.20 bits per heavy atom. The molecule has 1 N–H and O–H groups in total. The fourth-order valence-corrected chi connectivity index (χ4v) is 3.18. The standard InChI is InChI=1S/C22H22F2N2O4/c1-3-14-4-7-17(8-5-14)26-12-15(10-20(26)27)22(29)30-13(2)21(28)25-19-11-16(23)6-9-18(19)24/h4-9,11,13,15H,3,10,12H2,1-2H3,(H,25,28)/t13-,15+/m0/s1. The molecule has 0 aromatic heterocycles. The van der Waals surface area contributed by atoms with E-state index in [1.165, 1.54) is 11.8 Å². The van der Waals surface area contributed by atoms with E-state index in [-0.39, 0.29) is 24.6 Å². The van der Waals surface area contributed by atoms with Gasteiger partial charge in [0.15, 0.2) is 6.10 Å². The first-order chi connectivity index (χ1) is 14.3. The Kier molecular flexibility index (Phi) is 6.44. The number of ether oxygens (including phenoxy) is 1. The third-order valence-electron chi connectivity index (χ3n) is 4.96. The third-order valence-corrected chi connectivity index (χ3v) is 4.96. The molecule has 6 nitrogen and oxygen atoms in total. The molecule has 3 rings (SSSR count). The Balaban J connectivity index is 1.59. The highest BCUT2D eigenvalue weighted by atomic mass is 19.1. The van der Waals surface area contributed by atoms with Gasteiger partial charge in [0.05, 0.1) is 11.6 Å². The zero-order valence-corrected chi connectivity index (χ0v) is 16.7. The highest BCUT2D eigenvalue weighted by Gasteiger charge is 2.37. The second-order valence-electron chi connectivity index (χ2n) is 7.12. The molecule has 2 aromatic rings. The average molecular weight is 416 g/mol. The summed E-state index contributed by atoms with van der Waals surface area (Å²) < 4.78 is 32.1. The van der Waals surface area contributed by atoms with Gasteiger partial charge in [-0.1, -0.05) is 19.1 Å². The van der Waals surface area contributed by atoms with Gasteiger partial charge in [-0.3, -0.25) is 14.4 Å². The lowest BCUT2D eigenvalue weighted by Gasteiger charge is -2.18. The molecule has 0 spiro atoms. The maximum absolute atomic E-state index is 13.7. The molecule has 8 heteroatoms. The van der Waals surface area contributed by atoms with Crippen LogP contribution in [0.15, 0.2) is 42.5 Å². The molecule has 1 saturated heterocycles. The highest BCUT2D eigenvalue weighted by Crippen LogP contribution is 2.26. The number of benzene rings is 2. The number of hydrogen-bond donors (Lipinski definition) is 1. The Morgan fingerprint density at radius 3 is 2.57 bits per heavy atom. The molecule has 0 bridgehead atoms. The van der Waals surface area contributed by atoms with Gasteiger partial charge in [-0.25, -0.2) is 8.78 Å². The predicted octanol–water partition coefficient (Wildman–Crippen LogP) is 3.45. The number of nitrogens with one attached hydrogen (secondary N) is 1. The fourth-order valence-electron chi connectivity index (χ4n) is 3.18. The summed E-state index contributed by atoms with van der Waals surface area (Å²) in [5.41, 5.74) is 1.48. The van der Waals surface area contributed by atoms with Gasteiger partial charge in [-0.05, 0) is 43.2 Å². The van der Waals surface area contributed by atoms with Gasteiger partial charge >= 0.3 is 5.97 Å². The number of carbonyl (C=O) groups is 3. The van der Waals surface area contributed by atoms with Crippen molar-refractivity contribution < 1.29 is 27.9 Å². The van der Waals surface area contributed by atoms with E-state index in [1.807, 2.05) is 31.2 Å². The van der Waals surface area contributed by atoms with Crippen molar-refractivity contribution in [2.24, 2.45) is 5.92 Å². The minimum Gasteiger partial charge on any atom is -0.452 e. The van der Waals surface area contributed by atoms with Crippen molar-refractivity contribution >= 4 is 29.2 Å². The first-order valence-corrected chi connectivity index (χ1v) is 9.64. The number of halogens is 2. The summed E-state index contributed by atoms with van der Waals surface area (Å²) in [7, 11) is 0. The second-order valence-corrected chi connectivity index (χ2v) is 7.12. The molecule has 30 heavy (non-hydrogen) atoms. The number of nitrogens with zero attached hydrogens (tertiary/aromatic N) is 1. The Hall–Kier alpha value is -3.29. The van der Waals surface area contributed by atoms with Crippen molar-refractivity contribution in [3.63, 3.8) is 0 Å². The molecule has 158 valence electrons. The van der Waals surface area contributed by atoms with E-state index in [4.69, 9.17) is 4.74 Å². The van der Waals surface area contributed by atoms with Crippen LogP contribution in [-0.4, -0.2) is 30.4 Å². The maximum atomic E-state index is 13.7. The molecule has 1 fully saturated rings. The SMILES string of the molecule is CCc1ccc(N2C[C@H](C(=O)O[C@@H](C)C(=O)Nc3cc(F)ccc3F)CC2=O)cc1. The minimum absolute atomic E-state index is 0.0266. The Morgan fingerprint density at radius 2 is 1.90 bits per heavy atom. The normalized spacial score (nSPS) is 17.0. The van der Waals surface area contributed by atoms with E-state index in [0.29, 0.717) is 5.69 Å². The van der Waals surface area contributed by atoms with Crippen molar-refractivity contribution in [1.29, 1.82) is 0 Å². The number of anilines is 2. The first-order valence-electron chi connectivity index (χ1n) is 9.64. The van der Waals surface area contributed by atoms with Crippen molar-refractivity contribution in [3.8, 4) is 0 Å². The molecule has 0 unspecified atom stereocenters. The van der Waals surface area contributed by atoms with Gasteiger partial charge in [-0.15, -0.1) is 0 Å². The third kappa shape index (κ3) is 4.82. The summed E-state index contributed by atoms with van der Waals surface area (Å²) in [6, 6.07) is 10.1. The van der Waals surface area contributed by atoms with Crippen molar-refractivity contribution in [2.45, 2.75) is 32.8 Å². The fraction of sp³-hybridized carbons (Fsp3) is 0.318. The van der Waals surface area contributed by atoms with Crippen LogP contribution >= 0.6 is 0 Å². The minimum atomic E-state index is -1.24. The zero-order chi connectivity index (χ0) is 21.8. The molecule has 0 radical (unpaired) electrons. The largest absolute Gasteiger partial charge is 0.452 e. The molecular formula is C22H22F2N2O4. The summed E-state index contributed by atoms with van der Waals surface area (Å²) in [6.07, 6.45) is -0.391. The number of hydrogen-bond acceptors (Lipinski definition) is 4. The second kappa shape index (κ2) is 9.02. The van der Waals surface area contributed by atoms with Crippen LogP contribution in [0.2, 0.25) is 0 Å². The first kappa shape index (κ1) is 21.4. The van der Waals surface area contributed by atoms with E-state index >= 15 is 0 Å². The molecule has 2 atom stereocenters. The number of esters is 1. The summed E-state index contributed by atoms with van der Waals surface area (Å²) in [5, 5.41) is 2.19. The number of aryl methyl sites for hydroxylation is 1. The molecule has 1 heterocycles. The molecule has 2 amide bonds. The molecular weight excluding hydrogens is 394 g/mol. The van der Waals surface area contributed by atoms with Gasteiger partial charge in [0.25, 0.3) is 5.91 Å². The van der Waals surface area contributed by atoms with E-state index < -0.39 is 35.5 Å². The van der Waals surface area contributed by atoms with Crippen LogP contribution in [0, 0.1) is 17.6 Å². The van der Waals surface area contributed by atoms with Crippen LogP contribution in [0.25, 0.3) is 0 Å². The maximum Gasteiger partial charge on any atom is 0.312 e. The van der Waals surface area contributed by atoms with Crippen LogP contribution < -0.4 is 10.2 Å². The molecule has 1 aliphatic rings. The monoisotopic (exact) mass is 416 g/mol. The number of carbonyl (C=O) groups excluding carboxylic acids is 3. The summed E-state index contributed by atoms with van der Waals surface area (Å²) in [5.74, 6) is -3.95. The summed E-state index contributed by atoms with van der Waals surface area (Å²) in [6.45, 7) is 3.50.